The van der Waals surface area contributed by atoms with E-state index < -0.39 is 47.9 Å². The van der Waals surface area contributed by atoms with Crippen LogP contribution in [0.5, 0.6) is 5.75 Å². The first-order valence-electron chi connectivity index (χ1n) is 16.7. The monoisotopic (exact) mass is 709 g/mol. The summed E-state index contributed by atoms with van der Waals surface area (Å²) in [5.74, 6) is -3.41. The Morgan fingerprint density at radius 3 is 2.50 bits per heavy atom. The van der Waals surface area contributed by atoms with Crippen molar-refractivity contribution >= 4 is 35.4 Å². The van der Waals surface area contributed by atoms with Crippen LogP contribution in [-0.2, 0) is 39.8 Å². The van der Waals surface area contributed by atoms with Crippen LogP contribution in [0.3, 0.4) is 0 Å². The Kier molecular flexibility index (Phi) is 14.1. The quantitative estimate of drug-likeness (QED) is 0.102. The number of hydrogen-bond donors (Lipinski definition) is 2. The normalized spacial score (nSPS) is 26.0. The minimum Gasteiger partial charge on any atom is -0.495 e. The smallest absolute Gasteiger partial charge is 0.347 e. The molecule has 2 aliphatic rings. The maximum Gasteiger partial charge on any atom is 0.347 e. The number of cyclic esters (lactones) is 2. The SMILES string of the molecule is COc1ccc(C[C@H]2NC(=O)/C=C/C[C@@H]([C@H](C)[C@H]3O[C@@H]3c3ccccc3)OC(=O)[C@H](CC(C)C)OC(=O)[C@@H](CCN=[N+]=[N-])CNC2=O)cc1Cl. The molecule has 2 aliphatic heterocycles. The lowest BCUT2D eigenvalue weighted by Gasteiger charge is -2.27. The molecule has 2 N–H and O–H groups in total. The van der Waals surface area contributed by atoms with Gasteiger partial charge >= 0.3 is 11.9 Å². The van der Waals surface area contributed by atoms with E-state index in [4.69, 9.17) is 36.1 Å². The standard InChI is InChI=1S/C36H44ClN5O8/c1-21(2)17-30-36(46)48-28(22(3)32-33(50-32)24-9-6-5-7-10-24)11-8-12-31(43)41-27(19-23-13-14-29(47-4)26(37)18-23)34(44)39-20-25(35(45)49-30)15-16-40-42-38/h5-10,12-14,18,21-22,25,27-28,30,32-33H,11,15-17,19-20H2,1-4H3,(H,39,44)(H,41,43)/b12-8+/t22-,25-,27+,28-,30-,32+,33+/m0/s1. The van der Waals surface area contributed by atoms with E-state index in [2.05, 4.69) is 20.7 Å². The van der Waals surface area contributed by atoms with Crippen LogP contribution in [0, 0.1) is 17.8 Å². The highest BCUT2D eigenvalue weighted by molar-refractivity contribution is 6.32. The van der Waals surface area contributed by atoms with Crippen molar-refractivity contribution in [3.8, 4) is 5.75 Å². The lowest BCUT2D eigenvalue weighted by molar-refractivity contribution is -0.176. The minimum absolute atomic E-state index is 0.0341. The second kappa shape index (κ2) is 18.4. The van der Waals surface area contributed by atoms with Crippen LogP contribution in [-0.4, -0.2) is 68.3 Å². The van der Waals surface area contributed by atoms with Crippen molar-refractivity contribution in [1.82, 2.24) is 10.6 Å². The molecular weight excluding hydrogens is 666 g/mol. The fourth-order valence-electron chi connectivity index (χ4n) is 5.82. The first kappa shape index (κ1) is 38.2. The van der Waals surface area contributed by atoms with Crippen molar-refractivity contribution in [2.75, 3.05) is 20.2 Å². The van der Waals surface area contributed by atoms with Crippen molar-refractivity contribution in [3.05, 3.63) is 87.3 Å². The molecule has 0 unspecified atom stereocenters. The Morgan fingerprint density at radius 2 is 1.82 bits per heavy atom. The van der Waals surface area contributed by atoms with Gasteiger partial charge in [-0.3, -0.25) is 14.4 Å². The summed E-state index contributed by atoms with van der Waals surface area (Å²) in [4.78, 5) is 56.7. The lowest BCUT2D eigenvalue weighted by Crippen LogP contribution is -2.49. The van der Waals surface area contributed by atoms with Crippen LogP contribution in [0.1, 0.15) is 57.3 Å². The van der Waals surface area contributed by atoms with E-state index in [-0.39, 0.29) is 62.8 Å². The molecule has 4 rings (SSSR count). The molecule has 2 heterocycles. The molecule has 0 aliphatic carbocycles. The summed E-state index contributed by atoms with van der Waals surface area (Å²) in [6, 6.07) is 13.7. The van der Waals surface area contributed by atoms with Crippen molar-refractivity contribution in [1.29, 1.82) is 0 Å². The Morgan fingerprint density at radius 1 is 1.06 bits per heavy atom. The Hall–Kier alpha value is -4.58. The van der Waals surface area contributed by atoms with E-state index in [1.807, 2.05) is 51.1 Å². The number of benzene rings is 2. The zero-order valence-corrected chi connectivity index (χ0v) is 29.4. The van der Waals surface area contributed by atoms with Crippen molar-refractivity contribution in [2.45, 2.75) is 76.9 Å². The topological polar surface area (TPSA) is 181 Å². The van der Waals surface area contributed by atoms with Crippen LogP contribution in [0.2, 0.25) is 5.02 Å². The Bertz CT molecular complexity index is 1580. The van der Waals surface area contributed by atoms with Gasteiger partial charge in [0.1, 0.15) is 24.0 Å². The molecule has 7 atom stereocenters. The van der Waals surface area contributed by atoms with Crippen LogP contribution >= 0.6 is 11.6 Å². The molecule has 0 aromatic heterocycles. The Balaban J connectivity index is 1.63. The molecule has 268 valence electrons. The summed E-state index contributed by atoms with van der Waals surface area (Å²) in [6.07, 6.45) is 0.980. The van der Waals surface area contributed by atoms with Gasteiger partial charge in [0.05, 0.1) is 24.2 Å². The molecule has 2 amide bonds. The summed E-state index contributed by atoms with van der Waals surface area (Å²) in [5.41, 5.74) is 10.5. The van der Waals surface area contributed by atoms with Crippen molar-refractivity contribution < 1.29 is 38.1 Å². The third-order valence-electron chi connectivity index (χ3n) is 8.66. The van der Waals surface area contributed by atoms with Gasteiger partial charge in [-0.1, -0.05) is 80.0 Å². The van der Waals surface area contributed by atoms with Gasteiger partial charge in [-0.25, -0.2) is 4.79 Å². The second-order valence-electron chi connectivity index (χ2n) is 12.9. The number of halogens is 1. The number of nitrogens with one attached hydrogen (secondary N) is 2. The third-order valence-corrected chi connectivity index (χ3v) is 8.95. The van der Waals surface area contributed by atoms with E-state index in [0.717, 1.165) is 5.56 Å². The fraction of sp³-hybridized carbons (Fsp3) is 0.500. The first-order valence-corrected chi connectivity index (χ1v) is 17.1. The summed E-state index contributed by atoms with van der Waals surface area (Å²) >= 11 is 6.32. The number of ether oxygens (including phenoxy) is 4. The van der Waals surface area contributed by atoms with E-state index in [0.29, 0.717) is 16.3 Å². The van der Waals surface area contributed by atoms with Gasteiger partial charge < -0.3 is 29.6 Å². The van der Waals surface area contributed by atoms with Crippen LogP contribution in [0.15, 0.2) is 65.8 Å². The van der Waals surface area contributed by atoms with Crippen LogP contribution in [0.25, 0.3) is 10.4 Å². The summed E-state index contributed by atoms with van der Waals surface area (Å²) in [6.45, 7) is 5.43. The van der Waals surface area contributed by atoms with Gasteiger partial charge in [0.2, 0.25) is 11.8 Å². The highest BCUT2D eigenvalue weighted by Gasteiger charge is 2.47. The van der Waals surface area contributed by atoms with Gasteiger partial charge in [0.25, 0.3) is 0 Å². The van der Waals surface area contributed by atoms with E-state index in [1.54, 1.807) is 24.3 Å². The van der Waals surface area contributed by atoms with Gasteiger partial charge in [0, 0.05) is 36.8 Å². The summed E-state index contributed by atoms with van der Waals surface area (Å²) in [7, 11) is 1.49. The van der Waals surface area contributed by atoms with Crippen molar-refractivity contribution in [3.63, 3.8) is 0 Å². The van der Waals surface area contributed by atoms with Crippen LogP contribution < -0.4 is 15.4 Å². The number of carbonyl (C=O) groups is 4. The highest BCUT2D eigenvalue weighted by Crippen LogP contribution is 2.45. The molecule has 14 heteroatoms. The second-order valence-corrected chi connectivity index (χ2v) is 13.3. The molecule has 0 spiro atoms. The maximum absolute atomic E-state index is 13.7. The predicted molar refractivity (Wildman–Crippen MR) is 185 cm³/mol. The number of amides is 2. The molecule has 2 aromatic carbocycles. The average Bonchev–Trinajstić information content (AvgIpc) is 3.89. The van der Waals surface area contributed by atoms with Gasteiger partial charge in [-0.05, 0) is 53.6 Å². The van der Waals surface area contributed by atoms with Gasteiger partial charge in [0.15, 0.2) is 6.10 Å². The number of nitrogens with zero attached hydrogens (tertiary/aromatic N) is 3. The summed E-state index contributed by atoms with van der Waals surface area (Å²) < 4.78 is 23.1. The maximum atomic E-state index is 13.7. The zero-order chi connectivity index (χ0) is 36.2. The Labute approximate surface area is 296 Å². The number of carbonyl (C=O) groups excluding carboxylic acids is 4. The predicted octanol–water partition coefficient (Wildman–Crippen LogP) is 5.41. The molecule has 0 radical (unpaired) electrons. The molecule has 2 aromatic rings. The van der Waals surface area contributed by atoms with Gasteiger partial charge in [-0.2, -0.15) is 0 Å². The molecular formula is C36H44ClN5O8. The summed E-state index contributed by atoms with van der Waals surface area (Å²) in [5, 5.41) is 9.34. The molecule has 0 saturated carbocycles. The zero-order valence-electron chi connectivity index (χ0n) is 28.6. The number of methoxy groups -OCH3 is 1. The number of hydrogen-bond acceptors (Lipinski definition) is 9. The molecule has 1 fully saturated rings. The van der Waals surface area contributed by atoms with Crippen LogP contribution in [0.4, 0.5) is 0 Å². The number of epoxide rings is 1. The number of rotatable bonds is 11. The molecule has 50 heavy (non-hydrogen) atoms. The first-order chi connectivity index (χ1) is 24.0. The number of esters is 2. The van der Waals surface area contributed by atoms with Crippen molar-refractivity contribution in [2.24, 2.45) is 22.9 Å². The van der Waals surface area contributed by atoms with E-state index in [1.165, 1.54) is 13.2 Å². The number of azide groups is 1. The largest absolute Gasteiger partial charge is 0.495 e. The third kappa shape index (κ3) is 11.0. The minimum atomic E-state index is -1.23. The highest BCUT2D eigenvalue weighted by atomic mass is 35.5. The average molecular weight is 710 g/mol. The molecule has 0 bridgehead atoms. The van der Waals surface area contributed by atoms with E-state index >= 15 is 0 Å². The van der Waals surface area contributed by atoms with E-state index in [9.17, 15) is 19.2 Å². The van der Waals surface area contributed by atoms with Gasteiger partial charge in [-0.15, -0.1) is 0 Å². The lowest BCUT2D eigenvalue weighted by atomic mass is 9.93. The molecule has 13 nitrogen and oxygen atoms in total. The molecule has 1 saturated heterocycles. The fourth-order valence-corrected chi connectivity index (χ4v) is 6.10.